The average Bonchev–Trinajstić information content (AvgIpc) is 2.80. The Balaban J connectivity index is 1.83. The quantitative estimate of drug-likeness (QED) is 0.199. The van der Waals surface area contributed by atoms with Crippen LogP contribution in [0.1, 0.15) is 15.9 Å². The summed E-state index contributed by atoms with van der Waals surface area (Å²) >= 11 is 11.7. The summed E-state index contributed by atoms with van der Waals surface area (Å²) in [6.45, 7) is 0. The monoisotopic (exact) mass is 523 g/mol. The zero-order valence-electron chi connectivity index (χ0n) is 17.3. The van der Waals surface area contributed by atoms with Gasteiger partial charge in [-0.1, -0.05) is 35.3 Å². The number of nitrogens with zero attached hydrogens (tertiary/aromatic N) is 2. The summed E-state index contributed by atoms with van der Waals surface area (Å²) in [5.74, 6) is -0.738. The molecule has 3 aromatic rings. The first-order valence-electron chi connectivity index (χ1n) is 9.27. The molecule has 13 heteroatoms. The van der Waals surface area contributed by atoms with Crippen LogP contribution in [0.5, 0.6) is 11.5 Å². The minimum Gasteiger partial charge on any atom is -0.493 e. The van der Waals surface area contributed by atoms with E-state index in [1.54, 1.807) is 0 Å². The van der Waals surface area contributed by atoms with Crippen molar-refractivity contribution >= 4 is 51.1 Å². The second-order valence-electron chi connectivity index (χ2n) is 6.50. The van der Waals surface area contributed by atoms with Crippen LogP contribution in [0.2, 0.25) is 10.0 Å². The van der Waals surface area contributed by atoms with Crippen molar-refractivity contribution in [1.82, 2.24) is 5.43 Å². The van der Waals surface area contributed by atoms with Crippen molar-refractivity contribution in [3.63, 3.8) is 0 Å². The number of ether oxygens (including phenoxy) is 1. The molecule has 10 nitrogen and oxygen atoms in total. The molecule has 3 rings (SSSR count). The topological polar surface area (TPSA) is 137 Å². The van der Waals surface area contributed by atoms with Gasteiger partial charge in [0.25, 0.3) is 11.6 Å². The second kappa shape index (κ2) is 10.5. The molecule has 1 N–H and O–H groups in total. The second-order valence-corrected chi connectivity index (χ2v) is 8.83. The van der Waals surface area contributed by atoms with Gasteiger partial charge in [0.05, 0.1) is 28.3 Å². The van der Waals surface area contributed by atoms with Crippen molar-refractivity contribution in [1.29, 1.82) is 0 Å². The lowest BCUT2D eigenvalue weighted by molar-refractivity contribution is -0.387. The molecule has 0 fully saturated rings. The number of hydrazone groups is 1. The molecule has 34 heavy (non-hydrogen) atoms. The van der Waals surface area contributed by atoms with E-state index in [0.29, 0.717) is 10.6 Å². The summed E-state index contributed by atoms with van der Waals surface area (Å²) in [7, 11) is -3.28. The fourth-order valence-electron chi connectivity index (χ4n) is 2.69. The van der Waals surface area contributed by atoms with Gasteiger partial charge in [0.2, 0.25) is 0 Å². The van der Waals surface area contributed by atoms with Gasteiger partial charge in [-0.05, 0) is 48.0 Å². The molecule has 0 aliphatic rings. The van der Waals surface area contributed by atoms with Crippen LogP contribution < -0.4 is 14.3 Å². The predicted octanol–water partition coefficient (Wildman–Crippen LogP) is 4.44. The lowest BCUT2D eigenvalue weighted by atomic mass is 10.2. The maximum absolute atomic E-state index is 12.7. The Hall–Kier alpha value is -3.67. The van der Waals surface area contributed by atoms with Gasteiger partial charge in [0.1, 0.15) is 0 Å². The third-order valence-corrected chi connectivity index (χ3v) is 6.30. The van der Waals surface area contributed by atoms with Gasteiger partial charge in [-0.3, -0.25) is 14.9 Å². The molecule has 0 saturated carbocycles. The highest BCUT2D eigenvalue weighted by molar-refractivity contribution is 7.87. The molecule has 0 aromatic heterocycles. The standard InChI is InChI=1S/C21H15Cl2N3O7S/c1-32-18-9-6-13(12-24-25-21(27)14-7-8-15(22)16(23)11-14)10-19(18)33-34(30,31)20-5-3-2-4-17(20)26(28)29/h2-12H,1H3,(H,25,27)/b24-12-. The normalized spacial score (nSPS) is 11.3. The molecule has 176 valence electrons. The van der Waals surface area contributed by atoms with Crippen molar-refractivity contribution in [3.8, 4) is 11.5 Å². The molecule has 0 saturated heterocycles. The number of carbonyl (C=O) groups excluding carboxylic acids is 1. The first-order valence-corrected chi connectivity index (χ1v) is 11.4. The first kappa shape index (κ1) is 25.0. The highest BCUT2D eigenvalue weighted by Gasteiger charge is 2.28. The molecule has 3 aromatic carbocycles. The van der Waals surface area contributed by atoms with E-state index in [1.807, 2.05) is 0 Å². The first-order chi connectivity index (χ1) is 16.1. The van der Waals surface area contributed by atoms with E-state index in [4.69, 9.17) is 32.1 Å². The molecule has 0 atom stereocenters. The molecule has 1 amide bonds. The molecule has 0 radical (unpaired) electrons. The Bertz CT molecular complexity index is 1390. The number of amides is 1. The third kappa shape index (κ3) is 5.81. The van der Waals surface area contributed by atoms with Gasteiger partial charge in [-0.25, -0.2) is 5.43 Å². The largest absolute Gasteiger partial charge is 0.493 e. The molecular weight excluding hydrogens is 509 g/mol. The summed E-state index contributed by atoms with van der Waals surface area (Å²) in [5.41, 5.74) is 2.22. The number of para-hydroxylation sites is 1. The van der Waals surface area contributed by atoms with Crippen molar-refractivity contribution in [2.24, 2.45) is 5.10 Å². The van der Waals surface area contributed by atoms with E-state index in [1.165, 1.54) is 61.9 Å². The van der Waals surface area contributed by atoms with Crippen LogP contribution >= 0.6 is 23.2 Å². The smallest absolute Gasteiger partial charge is 0.346 e. The third-order valence-electron chi connectivity index (χ3n) is 4.28. The molecule has 0 aliphatic heterocycles. The number of nitro groups is 1. The number of methoxy groups -OCH3 is 1. The van der Waals surface area contributed by atoms with Crippen LogP contribution in [0.25, 0.3) is 0 Å². The molecule has 0 bridgehead atoms. The van der Waals surface area contributed by atoms with Gasteiger partial charge in [0.15, 0.2) is 16.4 Å². The Morgan fingerprint density at radius 3 is 2.47 bits per heavy atom. The van der Waals surface area contributed by atoms with Crippen LogP contribution in [0.4, 0.5) is 5.69 Å². The fraction of sp³-hybridized carbons (Fsp3) is 0.0476. The van der Waals surface area contributed by atoms with E-state index in [-0.39, 0.29) is 22.1 Å². The number of carbonyl (C=O) groups is 1. The number of benzene rings is 3. The molecular formula is C21H15Cl2N3O7S. The van der Waals surface area contributed by atoms with Gasteiger partial charge in [0, 0.05) is 11.6 Å². The van der Waals surface area contributed by atoms with Crippen molar-refractivity contribution in [2.45, 2.75) is 4.90 Å². The van der Waals surface area contributed by atoms with Crippen molar-refractivity contribution in [3.05, 3.63) is 92.0 Å². The van der Waals surface area contributed by atoms with Gasteiger partial charge in [-0.15, -0.1) is 0 Å². The number of rotatable bonds is 8. The summed E-state index contributed by atoms with van der Waals surface area (Å²) in [4.78, 5) is 22.0. The summed E-state index contributed by atoms with van der Waals surface area (Å²) in [6.07, 6.45) is 1.24. The highest BCUT2D eigenvalue weighted by atomic mass is 35.5. The van der Waals surface area contributed by atoms with E-state index >= 15 is 0 Å². The van der Waals surface area contributed by atoms with Gasteiger partial charge in [-0.2, -0.15) is 13.5 Å². The number of hydrogen-bond acceptors (Lipinski definition) is 8. The molecule has 0 heterocycles. The summed E-state index contributed by atoms with van der Waals surface area (Å²) in [5, 5.41) is 15.5. The van der Waals surface area contributed by atoms with Crippen LogP contribution in [0.3, 0.4) is 0 Å². The van der Waals surface area contributed by atoms with Crippen molar-refractivity contribution < 1.29 is 27.1 Å². The van der Waals surface area contributed by atoms with Crippen LogP contribution in [0, 0.1) is 10.1 Å². The number of hydrogen-bond donors (Lipinski definition) is 1. The Morgan fingerprint density at radius 2 is 1.79 bits per heavy atom. The lowest BCUT2D eigenvalue weighted by Crippen LogP contribution is -2.17. The zero-order chi connectivity index (χ0) is 24.9. The number of nitrogens with one attached hydrogen (secondary N) is 1. The van der Waals surface area contributed by atoms with Crippen LogP contribution in [0.15, 0.2) is 70.7 Å². The van der Waals surface area contributed by atoms with E-state index in [2.05, 4.69) is 10.5 Å². The predicted molar refractivity (Wildman–Crippen MR) is 125 cm³/mol. The minimum absolute atomic E-state index is 0.0548. The van der Waals surface area contributed by atoms with Gasteiger partial charge < -0.3 is 8.92 Å². The maximum Gasteiger partial charge on any atom is 0.346 e. The Labute approximate surface area is 204 Å². The maximum atomic E-state index is 12.7. The molecule has 0 spiro atoms. The molecule has 0 unspecified atom stereocenters. The fourth-order valence-corrected chi connectivity index (χ4v) is 4.09. The summed E-state index contributed by atoms with van der Waals surface area (Å²) < 4.78 is 35.7. The van der Waals surface area contributed by atoms with Crippen LogP contribution in [-0.2, 0) is 10.1 Å². The number of halogens is 2. The minimum atomic E-state index is -4.58. The Kier molecular flexibility index (Phi) is 7.72. The molecule has 0 aliphatic carbocycles. The van der Waals surface area contributed by atoms with E-state index in [0.717, 1.165) is 12.1 Å². The highest BCUT2D eigenvalue weighted by Crippen LogP contribution is 2.32. The van der Waals surface area contributed by atoms with E-state index < -0.39 is 31.5 Å². The van der Waals surface area contributed by atoms with Gasteiger partial charge >= 0.3 is 10.1 Å². The zero-order valence-corrected chi connectivity index (χ0v) is 19.6. The summed E-state index contributed by atoms with van der Waals surface area (Å²) in [6, 6.07) is 13.3. The number of nitro benzene ring substituents is 1. The van der Waals surface area contributed by atoms with Crippen molar-refractivity contribution in [2.75, 3.05) is 7.11 Å². The Morgan fingerprint density at radius 1 is 1.06 bits per heavy atom. The average molecular weight is 524 g/mol. The van der Waals surface area contributed by atoms with E-state index in [9.17, 15) is 23.3 Å². The lowest BCUT2D eigenvalue weighted by Gasteiger charge is -2.11. The SMILES string of the molecule is COc1ccc(/C=N\NC(=O)c2ccc(Cl)c(Cl)c2)cc1OS(=O)(=O)c1ccccc1[N+](=O)[O-]. The van der Waals surface area contributed by atoms with Crippen LogP contribution in [-0.4, -0.2) is 32.6 Å².